The molecule has 0 radical (unpaired) electrons. The van der Waals surface area contributed by atoms with Crippen molar-refractivity contribution in [3.05, 3.63) is 93.3 Å². The molecule has 1 amide bonds. The van der Waals surface area contributed by atoms with Crippen LogP contribution in [0, 0.1) is 6.92 Å². The normalized spacial score (nSPS) is 10.7. The molecule has 0 saturated carbocycles. The van der Waals surface area contributed by atoms with E-state index < -0.39 is 0 Å². The highest BCUT2D eigenvalue weighted by molar-refractivity contribution is 7.15. The standard InChI is InChI=1S/C23H16Cl2N2OS/c1-14-21(27-23(29-14)16-5-3-2-4-6-16)15-7-10-18(11-8-15)26-22(28)17-9-12-19(24)20(25)13-17/h2-13H,1H3,(H,26,28). The van der Waals surface area contributed by atoms with Crippen molar-refractivity contribution >= 4 is 46.1 Å². The maximum Gasteiger partial charge on any atom is 0.255 e. The number of anilines is 1. The molecule has 1 N–H and O–H groups in total. The van der Waals surface area contributed by atoms with Gasteiger partial charge in [0.25, 0.3) is 5.91 Å². The van der Waals surface area contributed by atoms with E-state index in [0.29, 0.717) is 21.3 Å². The zero-order chi connectivity index (χ0) is 20.4. The number of nitrogens with zero attached hydrogens (tertiary/aromatic N) is 1. The van der Waals surface area contributed by atoms with Gasteiger partial charge in [-0.15, -0.1) is 11.3 Å². The third-order valence-electron chi connectivity index (χ3n) is 4.42. The maximum atomic E-state index is 12.4. The van der Waals surface area contributed by atoms with Crippen molar-refractivity contribution in [1.82, 2.24) is 4.98 Å². The lowest BCUT2D eigenvalue weighted by Crippen LogP contribution is -2.11. The number of aromatic nitrogens is 1. The number of carbonyl (C=O) groups is 1. The molecule has 29 heavy (non-hydrogen) atoms. The summed E-state index contributed by atoms with van der Waals surface area (Å²) >= 11 is 13.6. The molecule has 1 heterocycles. The van der Waals surface area contributed by atoms with Crippen molar-refractivity contribution in [3.8, 4) is 21.8 Å². The molecule has 3 aromatic carbocycles. The van der Waals surface area contributed by atoms with Gasteiger partial charge < -0.3 is 5.32 Å². The fourth-order valence-corrected chi connectivity index (χ4v) is 4.16. The van der Waals surface area contributed by atoms with Gasteiger partial charge in [0.1, 0.15) is 5.01 Å². The van der Waals surface area contributed by atoms with Crippen LogP contribution in [-0.4, -0.2) is 10.9 Å². The number of thiazole rings is 1. The van der Waals surface area contributed by atoms with Gasteiger partial charge in [0.05, 0.1) is 15.7 Å². The van der Waals surface area contributed by atoms with Crippen molar-refractivity contribution in [2.24, 2.45) is 0 Å². The first-order valence-electron chi connectivity index (χ1n) is 8.91. The van der Waals surface area contributed by atoms with Crippen LogP contribution in [0.15, 0.2) is 72.8 Å². The topological polar surface area (TPSA) is 42.0 Å². The maximum absolute atomic E-state index is 12.4. The minimum absolute atomic E-state index is 0.243. The fourth-order valence-electron chi connectivity index (χ4n) is 2.92. The van der Waals surface area contributed by atoms with Crippen LogP contribution >= 0.6 is 34.5 Å². The molecular weight excluding hydrogens is 423 g/mol. The molecule has 0 atom stereocenters. The van der Waals surface area contributed by atoms with Crippen LogP contribution in [0.2, 0.25) is 10.0 Å². The summed E-state index contributed by atoms with van der Waals surface area (Å²) in [5.74, 6) is -0.243. The number of benzene rings is 3. The van der Waals surface area contributed by atoms with Gasteiger partial charge >= 0.3 is 0 Å². The van der Waals surface area contributed by atoms with E-state index >= 15 is 0 Å². The largest absolute Gasteiger partial charge is 0.322 e. The number of carbonyl (C=O) groups excluding carboxylic acids is 1. The Hall–Kier alpha value is -2.66. The molecule has 4 aromatic rings. The third-order valence-corrected chi connectivity index (χ3v) is 6.17. The Morgan fingerprint density at radius 2 is 1.62 bits per heavy atom. The van der Waals surface area contributed by atoms with Gasteiger partial charge in [-0.25, -0.2) is 4.98 Å². The number of hydrogen-bond donors (Lipinski definition) is 1. The van der Waals surface area contributed by atoms with Crippen LogP contribution in [-0.2, 0) is 0 Å². The molecule has 0 aliphatic heterocycles. The predicted molar refractivity (Wildman–Crippen MR) is 122 cm³/mol. The molecule has 0 fully saturated rings. The quantitative estimate of drug-likeness (QED) is 0.361. The second-order valence-corrected chi connectivity index (χ2v) is 8.47. The summed E-state index contributed by atoms with van der Waals surface area (Å²) in [6.45, 7) is 2.07. The van der Waals surface area contributed by atoms with Gasteiger partial charge in [-0.1, -0.05) is 65.7 Å². The summed E-state index contributed by atoms with van der Waals surface area (Å²) in [4.78, 5) is 18.4. The first-order chi connectivity index (χ1) is 14.0. The predicted octanol–water partition coefficient (Wildman–Crippen LogP) is 7.34. The van der Waals surface area contributed by atoms with Crippen molar-refractivity contribution in [3.63, 3.8) is 0 Å². The molecule has 144 valence electrons. The summed E-state index contributed by atoms with van der Waals surface area (Å²) in [5.41, 5.74) is 4.22. The zero-order valence-corrected chi connectivity index (χ0v) is 17.8. The molecule has 1 aromatic heterocycles. The molecule has 0 saturated heterocycles. The number of aryl methyl sites for hydroxylation is 1. The van der Waals surface area contributed by atoms with Gasteiger partial charge in [0.2, 0.25) is 0 Å². The molecule has 0 unspecified atom stereocenters. The lowest BCUT2D eigenvalue weighted by Gasteiger charge is -2.07. The highest BCUT2D eigenvalue weighted by atomic mass is 35.5. The van der Waals surface area contributed by atoms with Crippen molar-refractivity contribution in [1.29, 1.82) is 0 Å². The van der Waals surface area contributed by atoms with E-state index in [1.54, 1.807) is 29.5 Å². The Morgan fingerprint density at radius 1 is 0.897 bits per heavy atom. The summed E-state index contributed by atoms with van der Waals surface area (Å²) < 4.78 is 0. The highest BCUT2D eigenvalue weighted by Gasteiger charge is 2.12. The first-order valence-corrected chi connectivity index (χ1v) is 10.5. The lowest BCUT2D eigenvalue weighted by molar-refractivity contribution is 0.102. The van der Waals surface area contributed by atoms with Gasteiger partial charge in [-0.05, 0) is 37.3 Å². The van der Waals surface area contributed by atoms with Crippen molar-refractivity contribution in [2.45, 2.75) is 6.92 Å². The summed E-state index contributed by atoms with van der Waals surface area (Å²) in [7, 11) is 0. The van der Waals surface area contributed by atoms with Crippen LogP contribution in [0.3, 0.4) is 0 Å². The Bertz CT molecular complexity index is 1170. The number of halogens is 2. The summed E-state index contributed by atoms with van der Waals surface area (Å²) in [6, 6.07) is 22.6. The third kappa shape index (κ3) is 4.35. The Labute approximate surface area is 183 Å². The number of rotatable bonds is 4. The van der Waals surface area contributed by atoms with Crippen molar-refractivity contribution in [2.75, 3.05) is 5.32 Å². The van der Waals surface area contributed by atoms with E-state index in [9.17, 15) is 4.79 Å². The van der Waals surface area contributed by atoms with E-state index in [1.807, 2.05) is 42.5 Å². The van der Waals surface area contributed by atoms with Crippen LogP contribution < -0.4 is 5.32 Å². The monoisotopic (exact) mass is 438 g/mol. The van der Waals surface area contributed by atoms with Crippen LogP contribution in [0.5, 0.6) is 0 Å². The summed E-state index contributed by atoms with van der Waals surface area (Å²) in [5, 5.41) is 4.63. The zero-order valence-electron chi connectivity index (χ0n) is 15.4. The molecule has 0 aliphatic rings. The number of hydrogen-bond acceptors (Lipinski definition) is 3. The van der Waals surface area contributed by atoms with Gasteiger partial charge in [0.15, 0.2) is 0 Å². The molecule has 3 nitrogen and oxygen atoms in total. The second kappa shape index (κ2) is 8.37. The Balaban J connectivity index is 1.53. The molecule has 0 bridgehead atoms. The Kier molecular flexibility index (Phi) is 5.67. The number of nitrogens with one attached hydrogen (secondary N) is 1. The smallest absolute Gasteiger partial charge is 0.255 e. The van der Waals surface area contributed by atoms with E-state index in [-0.39, 0.29) is 5.91 Å². The fraction of sp³-hybridized carbons (Fsp3) is 0.0435. The lowest BCUT2D eigenvalue weighted by atomic mass is 10.1. The van der Waals surface area contributed by atoms with Gasteiger partial charge in [-0.2, -0.15) is 0 Å². The van der Waals surface area contributed by atoms with E-state index in [2.05, 4.69) is 24.4 Å². The second-order valence-electron chi connectivity index (χ2n) is 6.45. The highest BCUT2D eigenvalue weighted by Crippen LogP contribution is 2.33. The molecule has 6 heteroatoms. The minimum Gasteiger partial charge on any atom is -0.322 e. The average Bonchev–Trinajstić information content (AvgIpc) is 3.13. The van der Waals surface area contributed by atoms with Crippen LogP contribution in [0.25, 0.3) is 21.8 Å². The van der Waals surface area contributed by atoms with Gasteiger partial charge in [-0.3, -0.25) is 4.79 Å². The molecule has 0 aliphatic carbocycles. The SMILES string of the molecule is Cc1sc(-c2ccccc2)nc1-c1ccc(NC(=O)c2ccc(Cl)c(Cl)c2)cc1. The average molecular weight is 439 g/mol. The minimum atomic E-state index is -0.243. The Morgan fingerprint density at radius 3 is 2.31 bits per heavy atom. The van der Waals surface area contributed by atoms with Crippen LogP contribution in [0.1, 0.15) is 15.2 Å². The van der Waals surface area contributed by atoms with E-state index in [1.165, 1.54) is 0 Å². The van der Waals surface area contributed by atoms with E-state index in [4.69, 9.17) is 28.2 Å². The van der Waals surface area contributed by atoms with Crippen LogP contribution in [0.4, 0.5) is 5.69 Å². The summed E-state index contributed by atoms with van der Waals surface area (Å²) in [6.07, 6.45) is 0. The van der Waals surface area contributed by atoms with Crippen molar-refractivity contribution < 1.29 is 4.79 Å². The molecular formula is C23H16Cl2N2OS. The molecule has 0 spiro atoms. The molecule has 4 rings (SSSR count). The van der Waals surface area contributed by atoms with Gasteiger partial charge in [0, 0.05) is 27.3 Å². The number of amides is 1. The first kappa shape index (κ1) is 19.6. The van der Waals surface area contributed by atoms with E-state index in [0.717, 1.165) is 26.7 Å².